The van der Waals surface area contributed by atoms with Gasteiger partial charge in [0.2, 0.25) is 0 Å². The van der Waals surface area contributed by atoms with Gasteiger partial charge in [-0.3, -0.25) is 9.36 Å². The number of esters is 1. The molecule has 40 heavy (non-hydrogen) atoms. The van der Waals surface area contributed by atoms with Gasteiger partial charge in [0.1, 0.15) is 5.75 Å². The largest absolute Gasteiger partial charge is 0.497 e. The van der Waals surface area contributed by atoms with Gasteiger partial charge in [-0.15, -0.1) is 0 Å². The third kappa shape index (κ3) is 6.09. The lowest BCUT2D eigenvalue weighted by Crippen LogP contribution is -2.40. The number of carboxylic acids is 1. The summed E-state index contributed by atoms with van der Waals surface area (Å²) in [5.41, 5.74) is 1.67. The molecule has 4 rings (SSSR count). The van der Waals surface area contributed by atoms with Gasteiger partial charge in [-0.05, 0) is 54.8 Å². The number of rotatable bonds is 10. The van der Waals surface area contributed by atoms with Gasteiger partial charge in [0.15, 0.2) is 17.2 Å². The highest BCUT2D eigenvalue weighted by atomic mass is 35.5. The first kappa shape index (κ1) is 29.4. The van der Waals surface area contributed by atoms with Crippen LogP contribution in [0.3, 0.4) is 0 Å². The summed E-state index contributed by atoms with van der Waals surface area (Å²) < 4.78 is 17.8. The topological polar surface area (TPSA) is 116 Å². The number of carbonyl (C=O) groups excluding carboxylic acids is 1. The van der Waals surface area contributed by atoms with E-state index in [1.807, 2.05) is 13.0 Å². The highest BCUT2D eigenvalue weighted by Crippen LogP contribution is 2.35. The maximum atomic E-state index is 13.9. The van der Waals surface area contributed by atoms with Crippen molar-refractivity contribution in [3.63, 3.8) is 0 Å². The molecule has 0 bridgehead atoms. The second-order valence-electron chi connectivity index (χ2n) is 8.69. The number of hydrogen-bond donors (Lipinski definition) is 1. The molecule has 1 aromatic heterocycles. The molecule has 1 N–H and O–H groups in total. The van der Waals surface area contributed by atoms with E-state index in [0.29, 0.717) is 43.9 Å². The maximum Gasteiger partial charge on any atom is 0.341 e. The summed E-state index contributed by atoms with van der Waals surface area (Å²) in [5, 5.41) is 9.07. The van der Waals surface area contributed by atoms with E-state index < -0.39 is 24.6 Å². The Kier molecular flexibility index (Phi) is 9.34. The number of benzene rings is 2. The fourth-order valence-corrected chi connectivity index (χ4v) is 5.97. The van der Waals surface area contributed by atoms with Crippen LogP contribution in [0.1, 0.15) is 43.9 Å². The minimum absolute atomic E-state index is 0.0330. The summed E-state index contributed by atoms with van der Waals surface area (Å²) in [5.74, 6) is -1.10. The lowest BCUT2D eigenvalue weighted by molar-refractivity contribution is -0.140. The zero-order valence-electron chi connectivity index (χ0n) is 21.9. The summed E-state index contributed by atoms with van der Waals surface area (Å²) in [4.78, 5) is 43.2. The fraction of sp³-hybridized carbons (Fsp3) is 0.286. The standard InChI is InChI=1S/C28H26Cl2N2O7S/c1-4-7-20-23(27(36)38-5-2)24(16-8-6-9-17(13-16)37-3)32-26(35)21(40-28(32)31-20)12-15-10-18(29)25(19(30)11-15)39-14-22(33)34/h6,8-13,24H,4-5,7,14H2,1-3H3,(H,33,34)/b21-12-/t24-/m1/s1. The van der Waals surface area contributed by atoms with Crippen molar-refractivity contribution in [3.05, 3.63) is 88.5 Å². The first-order chi connectivity index (χ1) is 19.2. The van der Waals surface area contributed by atoms with Crippen molar-refractivity contribution in [1.82, 2.24) is 4.57 Å². The van der Waals surface area contributed by atoms with Gasteiger partial charge in [0.25, 0.3) is 5.56 Å². The third-order valence-corrected chi connectivity index (χ3v) is 7.50. The Bertz CT molecular complexity index is 1650. The summed E-state index contributed by atoms with van der Waals surface area (Å²) in [6.07, 6.45) is 2.86. The second-order valence-corrected chi connectivity index (χ2v) is 10.5. The smallest absolute Gasteiger partial charge is 0.341 e. The lowest BCUT2D eigenvalue weighted by atomic mass is 9.94. The number of hydrogen-bond acceptors (Lipinski definition) is 8. The predicted octanol–water partition coefficient (Wildman–Crippen LogP) is 4.36. The molecule has 3 aromatic rings. The van der Waals surface area contributed by atoms with E-state index in [1.165, 1.54) is 28.0 Å². The second kappa shape index (κ2) is 12.7. The van der Waals surface area contributed by atoms with E-state index in [-0.39, 0.29) is 28.0 Å². The first-order valence-corrected chi connectivity index (χ1v) is 13.9. The molecule has 0 spiro atoms. The quantitative estimate of drug-likeness (QED) is 0.342. The number of aromatic nitrogens is 1. The highest BCUT2D eigenvalue weighted by molar-refractivity contribution is 7.07. The average molecular weight is 605 g/mol. The number of fused-ring (bicyclic) bond motifs is 1. The Labute approximate surface area is 243 Å². The molecular formula is C28H26Cl2N2O7S. The van der Waals surface area contributed by atoms with Crippen molar-refractivity contribution >= 4 is 52.6 Å². The van der Waals surface area contributed by atoms with Crippen molar-refractivity contribution < 1.29 is 28.9 Å². The number of carbonyl (C=O) groups is 2. The molecule has 0 fully saturated rings. The van der Waals surface area contributed by atoms with Crippen molar-refractivity contribution in [2.24, 2.45) is 4.99 Å². The zero-order valence-corrected chi connectivity index (χ0v) is 24.2. The molecule has 12 heteroatoms. The number of allylic oxidation sites excluding steroid dienone is 1. The van der Waals surface area contributed by atoms with Crippen LogP contribution >= 0.6 is 34.5 Å². The Morgan fingerprint density at radius 3 is 2.52 bits per heavy atom. The third-order valence-electron chi connectivity index (χ3n) is 5.96. The van der Waals surface area contributed by atoms with E-state index in [4.69, 9.17) is 47.5 Å². The number of halogens is 2. The fourth-order valence-electron chi connectivity index (χ4n) is 4.33. The van der Waals surface area contributed by atoms with Crippen LogP contribution in [0.2, 0.25) is 10.0 Å². The van der Waals surface area contributed by atoms with Gasteiger partial charge in [-0.2, -0.15) is 0 Å². The van der Waals surface area contributed by atoms with Gasteiger partial charge in [0, 0.05) is 0 Å². The Morgan fingerprint density at radius 2 is 1.90 bits per heavy atom. The Balaban J connectivity index is 1.92. The molecule has 210 valence electrons. The van der Waals surface area contributed by atoms with Gasteiger partial charge < -0.3 is 19.3 Å². The molecule has 2 aromatic carbocycles. The van der Waals surface area contributed by atoms with Crippen LogP contribution in [0.15, 0.2) is 57.5 Å². The van der Waals surface area contributed by atoms with Gasteiger partial charge in [0.05, 0.1) is 45.6 Å². The molecule has 2 heterocycles. The predicted molar refractivity (Wildman–Crippen MR) is 152 cm³/mol. The molecular weight excluding hydrogens is 579 g/mol. The Hall–Kier alpha value is -3.60. The summed E-state index contributed by atoms with van der Waals surface area (Å²) in [6.45, 7) is 3.27. The number of ether oxygens (including phenoxy) is 3. The van der Waals surface area contributed by atoms with Crippen LogP contribution in [0.5, 0.6) is 11.5 Å². The number of aliphatic carboxylic acids is 1. The van der Waals surface area contributed by atoms with Crippen LogP contribution < -0.4 is 24.4 Å². The molecule has 0 unspecified atom stereocenters. The van der Waals surface area contributed by atoms with Gasteiger partial charge in [-0.1, -0.05) is 60.0 Å². The zero-order chi connectivity index (χ0) is 29.0. The van der Waals surface area contributed by atoms with Crippen LogP contribution in [0.25, 0.3) is 6.08 Å². The van der Waals surface area contributed by atoms with Gasteiger partial charge in [-0.25, -0.2) is 14.6 Å². The van der Waals surface area contributed by atoms with Crippen LogP contribution in [-0.2, 0) is 14.3 Å². The van der Waals surface area contributed by atoms with Crippen molar-refractivity contribution in [2.45, 2.75) is 32.7 Å². The van der Waals surface area contributed by atoms with Crippen molar-refractivity contribution in [2.75, 3.05) is 20.3 Å². The monoisotopic (exact) mass is 604 g/mol. The molecule has 1 aliphatic heterocycles. The molecule has 1 aliphatic rings. The van der Waals surface area contributed by atoms with E-state index in [9.17, 15) is 14.4 Å². The highest BCUT2D eigenvalue weighted by Gasteiger charge is 2.34. The van der Waals surface area contributed by atoms with Crippen LogP contribution in [0.4, 0.5) is 0 Å². The number of methoxy groups -OCH3 is 1. The molecule has 0 saturated heterocycles. The van der Waals surface area contributed by atoms with E-state index >= 15 is 0 Å². The minimum Gasteiger partial charge on any atom is -0.497 e. The molecule has 9 nitrogen and oxygen atoms in total. The normalized spacial score (nSPS) is 14.9. The molecule has 0 radical (unpaired) electrons. The molecule has 1 atom stereocenters. The van der Waals surface area contributed by atoms with Crippen LogP contribution in [-0.4, -0.2) is 41.9 Å². The van der Waals surface area contributed by atoms with Crippen molar-refractivity contribution in [1.29, 1.82) is 0 Å². The summed E-state index contributed by atoms with van der Waals surface area (Å²) in [6, 6.07) is 9.45. The maximum absolute atomic E-state index is 13.9. The van der Waals surface area contributed by atoms with Crippen LogP contribution in [0, 0.1) is 0 Å². The summed E-state index contributed by atoms with van der Waals surface area (Å²) >= 11 is 13.8. The Morgan fingerprint density at radius 1 is 1.18 bits per heavy atom. The molecule has 0 saturated carbocycles. The average Bonchev–Trinajstić information content (AvgIpc) is 3.21. The SMILES string of the molecule is CCCC1=C(C(=O)OCC)[C@@H](c2cccc(OC)c2)n2c(s/c(=C\c3cc(Cl)c(OCC(=O)O)c(Cl)c3)c2=O)=N1. The number of carboxylic acid groups (broad SMARTS) is 1. The van der Waals surface area contributed by atoms with E-state index in [2.05, 4.69) is 0 Å². The first-order valence-electron chi connectivity index (χ1n) is 12.4. The number of nitrogens with zero attached hydrogens (tertiary/aromatic N) is 2. The van der Waals surface area contributed by atoms with E-state index in [1.54, 1.807) is 38.3 Å². The van der Waals surface area contributed by atoms with Gasteiger partial charge >= 0.3 is 11.9 Å². The minimum atomic E-state index is -1.17. The van der Waals surface area contributed by atoms with E-state index in [0.717, 1.165) is 6.42 Å². The van der Waals surface area contributed by atoms with Crippen molar-refractivity contribution in [3.8, 4) is 11.5 Å². The molecule has 0 aliphatic carbocycles. The number of thiazole rings is 1. The summed E-state index contributed by atoms with van der Waals surface area (Å²) in [7, 11) is 1.55. The lowest BCUT2D eigenvalue weighted by Gasteiger charge is -2.26. The molecule has 0 amide bonds.